The number of piperidine rings is 1. The summed E-state index contributed by atoms with van der Waals surface area (Å²) < 4.78 is 18.1. The zero-order valence-electron chi connectivity index (χ0n) is 15.3. The molecule has 2 N–H and O–H groups in total. The summed E-state index contributed by atoms with van der Waals surface area (Å²) in [4.78, 5) is 13.5. The maximum Gasteiger partial charge on any atom is 0.409 e. The Labute approximate surface area is 149 Å². The largest absolute Gasteiger partial charge is 0.453 e. The minimum atomic E-state index is -0.757. The van der Waals surface area contributed by atoms with Crippen molar-refractivity contribution in [2.45, 2.75) is 44.8 Å². The van der Waals surface area contributed by atoms with Crippen LogP contribution in [0.2, 0.25) is 0 Å². The van der Waals surface area contributed by atoms with Crippen molar-refractivity contribution < 1.29 is 19.0 Å². The first kappa shape index (κ1) is 19.7. The minimum Gasteiger partial charge on any atom is -0.453 e. The summed E-state index contributed by atoms with van der Waals surface area (Å²) in [5, 5.41) is 13.6. The Kier molecular flexibility index (Phi) is 6.79. The average molecular weight is 352 g/mol. The van der Waals surface area contributed by atoms with E-state index in [0.29, 0.717) is 24.6 Å². The van der Waals surface area contributed by atoms with E-state index in [2.05, 4.69) is 19.2 Å². The fourth-order valence-corrected chi connectivity index (χ4v) is 3.53. The second-order valence-corrected chi connectivity index (χ2v) is 7.46. The number of aliphatic hydroxyl groups is 1. The Balaban J connectivity index is 1.85. The van der Waals surface area contributed by atoms with E-state index in [1.165, 1.54) is 19.2 Å². The molecule has 1 aromatic rings. The second kappa shape index (κ2) is 8.63. The second-order valence-electron chi connectivity index (χ2n) is 7.46. The van der Waals surface area contributed by atoms with Gasteiger partial charge in [0.25, 0.3) is 0 Å². The molecule has 2 atom stereocenters. The van der Waals surface area contributed by atoms with Crippen LogP contribution in [-0.2, 0) is 4.74 Å². The predicted octanol–water partition coefficient (Wildman–Crippen LogP) is 3.10. The summed E-state index contributed by atoms with van der Waals surface area (Å²) in [5.74, 6) is 0.0441. The molecule has 1 aliphatic heterocycles. The fourth-order valence-electron chi connectivity index (χ4n) is 3.53. The maximum absolute atomic E-state index is 13.3. The predicted molar refractivity (Wildman–Crippen MR) is 94.8 cm³/mol. The molecular weight excluding hydrogens is 323 g/mol. The average Bonchev–Trinajstić information content (AvgIpc) is 2.59. The first-order chi connectivity index (χ1) is 11.8. The van der Waals surface area contributed by atoms with Gasteiger partial charge < -0.3 is 20.1 Å². The first-order valence-electron chi connectivity index (χ1n) is 8.82. The van der Waals surface area contributed by atoms with Crippen molar-refractivity contribution >= 4 is 6.09 Å². The Morgan fingerprint density at radius 3 is 2.96 bits per heavy atom. The highest BCUT2D eigenvalue weighted by molar-refractivity contribution is 5.67. The van der Waals surface area contributed by atoms with Crippen LogP contribution in [0.3, 0.4) is 0 Å². The Hall–Kier alpha value is -1.66. The van der Waals surface area contributed by atoms with Crippen LogP contribution in [0.5, 0.6) is 0 Å². The number of aliphatic hydroxyl groups excluding tert-OH is 1. The number of hydrogen-bond acceptors (Lipinski definition) is 4. The molecular formula is C19H29FN2O3. The standard InChI is InChI=1S/C19H29FN2O3/c1-19(2,11-14-6-5-9-22(13-14)18(24)25-3)21-12-17(23)15-7-4-8-16(20)10-15/h4,7-8,10,14,17,21,23H,5-6,9,11-13H2,1-3H3/t14-,17?/m0/s1. The number of amides is 1. The van der Waals surface area contributed by atoms with E-state index >= 15 is 0 Å². The number of halogens is 1. The highest BCUT2D eigenvalue weighted by Gasteiger charge is 2.29. The summed E-state index contributed by atoms with van der Waals surface area (Å²) >= 11 is 0. The molecule has 0 spiro atoms. The number of carbonyl (C=O) groups excluding carboxylic acids is 1. The van der Waals surface area contributed by atoms with Gasteiger partial charge in [-0.1, -0.05) is 12.1 Å². The molecule has 0 saturated carbocycles. The molecule has 0 bridgehead atoms. The van der Waals surface area contributed by atoms with Gasteiger partial charge in [-0.25, -0.2) is 9.18 Å². The molecule has 0 radical (unpaired) electrons. The number of methoxy groups -OCH3 is 1. The zero-order chi connectivity index (χ0) is 18.4. The van der Waals surface area contributed by atoms with E-state index in [1.807, 2.05) is 0 Å². The highest BCUT2D eigenvalue weighted by atomic mass is 19.1. The molecule has 1 aliphatic rings. The van der Waals surface area contributed by atoms with Crippen molar-refractivity contribution in [1.29, 1.82) is 0 Å². The topological polar surface area (TPSA) is 61.8 Å². The first-order valence-corrected chi connectivity index (χ1v) is 8.82. The van der Waals surface area contributed by atoms with Crippen LogP contribution in [0, 0.1) is 11.7 Å². The van der Waals surface area contributed by atoms with E-state index in [1.54, 1.807) is 17.0 Å². The van der Waals surface area contributed by atoms with Gasteiger partial charge in [-0.2, -0.15) is 0 Å². The number of rotatable bonds is 6. The van der Waals surface area contributed by atoms with Crippen LogP contribution in [0.25, 0.3) is 0 Å². The van der Waals surface area contributed by atoms with E-state index in [-0.39, 0.29) is 17.4 Å². The summed E-state index contributed by atoms with van der Waals surface area (Å²) in [7, 11) is 1.41. The number of nitrogens with zero attached hydrogens (tertiary/aromatic N) is 1. The smallest absolute Gasteiger partial charge is 0.409 e. The van der Waals surface area contributed by atoms with Crippen LogP contribution in [0.1, 0.15) is 44.8 Å². The van der Waals surface area contributed by atoms with Crippen LogP contribution in [-0.4, -0.2) is 48.4 Å². The number of likely N-dealkylation sites (tertiary alicyclic amines) is 1. The van der Waals surface area contributed by atoms with Crippen molar-refractivity contribution in [2.75, 3.05) is 26.7 Å². The van der Waals surface area contributed by atoms with Crippen molar-refractivity contribution in [2.24, 2.45) is 5.92 Å². The van der Waals surface area contributed by atoms with Gasteiger partial charge in [-0.05, 0) is 56.7 Å². The number of carbonyl (C=O) groups is 1. The van der Waals surface area contributed by atoms with Crippen LogP contribution in [0.4, 0.5) is 9.18 Å². The van der Waals surface area contributed by atoms with E-state index in [9.17, 15) is 14.3 Å². The SMILES string of the molecule is COC(=O)N1CCC[C@@H](CC(C)(C)NCC(O)c2cccc(F)c2)C1. The number of ether oxygens (including phenoxy) is 1. The molecule has 1 saturated heterocycles. The molecule has 1 heterocycles. The fraction of sp³-hybridized carbons (Fsp3) is 0.632. The van der Waals surface area contributed by atoms with Crippen molar-refractivity contribution in [3.63, 3.8) is 0 Å². The lowest BCUT2D eigenvalue weighted by Crippen LogP contribution is -2.47. The van der Waals surface area contributed by atoms with Gasteiger partial charge >= 0.3 is 6.09 Å². The van der Waals surface area contributed by atoms with E-state index in [0.717, 1.165) is 25.8 Å². The lowest BCUT2D eigenvalue weighted by atomic mass is 9.85. The van der Waals surface area contributed by atoms with Crippen LogP contribution >= 0.6 is 0 Å². The third-order valence-corrected chi connectivity index (χ3v) is 4.76. The lowest BCUT2D eigenvalue weighted by molar-refractivity contribution is 0.0927. The van der Waals surface area contributed by atoms with Gasteiger partial charge in [0.1, 0.15) is 5.82 Å². The third kappa shape index (κ3) is 5.97. The Morgan fingerprint density at radius 2 is 2.28 bits per heavy atom. The molecule has 25 heavy (non-hydrogen) atoms. The zero-order valence-corrected chi connectivity index (χ0v) is 15.3. The molecule has 0 aliphatic carbocycles. The molecule has 1 unspecified atom stereocenters. The number of nitrogens with one attached hydrogen (secondary N) is 1. The van der Waals surface area contributed by atoms with Gasteiger partial charge in [0, 0.05) is 25.2 Å². The van der Waals surface area contributed by atoms with E-state index in [4.69, 9.17) is 4.74 Å². The van der Waals surface area contributed by atoms with Crippen molar-refractivity contribution in [3.05, 3.63) is 35.6 Å². The molecule has 6 heteroatoms. The van der Waals surface area contributed by atoms with Crippen LogP contribution < -0.4 is 5.32 Å². The monoisotopic (exact) mass is 352 g/mol. The minimum absolute atomic E-state index is 0.196. The molecule has 1 aromatic carbocycles. The molecule has 2 rings (SSSR count). The van der Waals surface area contributed by atoms with Gasteiger partial charge in [-0.3, -0.25) is 0 Å². The molecule has 140 valence electrons. The normalized spacial score (nSPS) is 19.6. The van der Waals surface area contributed by atoms with E-state index < -0.39 is 6.10 Å². The summed E-state index contributed by atoms with van der Waals surface area (Å²) in [6, 6.07) is 6.04. The number of hydrogen-bond donors (Lipinski definition) is 2. The molecule has 0 aromatic heterocycles. The Bertz CT molecular complexity index is 580. The van der Waals surface area contributed by atoms with Crippen LogP contribution in [0.15, 0.2) is 24.3 Å². The number of β-amino-alcohol motifs (C(OH)–C–C–N with tert-alkyl or cyclic N) is 1. The molecule has 1 amide bonds. The van der Waals surface area contributed by atoms with Crippen molar-refractivity contribution in [3.8, 4) is 0 Å². The summed E-state index contributed by atoms with van der Waals surface area (Å²) in [6.07, 6.45) is 1.91. The van der Waals surface area contributed by atoms with Gasteiger partial charge in [-0.15, -0.1) is 0 Å². The Morgan fingerprint density at radius 1 is 1.52 bits per heavy atom. The maximum atomic E-state index is 13.3. The van der Waals surface area contributed by atoms with Gasteiger partial charge in [0.15, 0.2) is 0 Å². The van der Waals surface area contributed by atoms with Gasteiger partial charge in [0.2, 0.25) is 0 Å². The van der Waals surface area contributed by atoms with Crippen molar-refractivity contribution in [1.82, 2.24) is 10.2 Å². The summed E-state index contributed by atoms with van der Waals surface area (Å²) in [5.41, 5.74) is 0.371. The number of benzene rings is 1. The third-order valence-electron chi connectivity index (χ3n) is 4.76. The quantitative estimate of drug-likeness (QED) is 0.826. The summed E-state index contributed by atoms with van der Waals surface area (Å²) in [6.45, 7) is 5.97. The van der Waals surface area contributed by atoms with Gasteiger partial charge in [0.05, 0.1) is 13.2 Å². The highest BCUT2D eigenvalue weighted by Crippen LogP contribution is 2.26. The molecule has 5 nitrogen and oxygen atoms in total. The lowest BCUT2D eigenvalue weighted by Gasteiger charge is -2.37. The molecule has 1 fully saturated rings.